The van der Waals surface area contributed by atoms with E-state index in [0.29, 0.717) is 23.4 Å². The van der Waals surface area contributed by atoms with Crippen LogP contribution in [0.15, 0.2) is 38.6 Å². The van der Waals surface area contributed by atoms with Gasteiger partial charge in [-0.15, -0.1) is 10.2 Å². The number of oxazole rings is 2. The highest BCUT2D eigenvalue weighted by molar-refractivity contribution is 7.99. The Hall–Kier alpha value is -3.60. The first-order valence-electron chi connectivity index (χ1n) is 12.6. The van der Waals surface area contributed by atoms with Gasteiger partial charge >= 0.3 is 0 Å². The van der Waals surface area contributed by atoms with E-state index in [1.807, 2.05) is 43.3 Å². The average Bonchev–Trinajstić information content (AvgIpc) is 3.62. The van der Waals surface area contributed by atoms with Gasteiger partial charge in [0.05, 0.1) is 11.4 Å². The fraction of sp³-hybridized carbons (Fsp3) is 0.423. The van der Waals surface area contributed by atoms with Gasteiger partial charge in [-0.3, -0.25) is 4.68 Å². The second-order valence-electron chi connectivity index (χ2n) is 9.70. The van der Waals surface area contributed by atoms with E-state index in [9.17, 15) is 0 Å². The highest BCUT2D eigenvalue weighted by Gasteiger charge is 2.20. The number of hydrogen-bond donors (Lipinski definition) is 1. The predicted octanol–water partition coefficient (Wildman–Crippen LogP) is 5.18. The third-order valence-electron chi connectivity index (χ3n) is 7.01. The van der Waals surface area contributed by atoms with Crippen molar-refractivity contribution in [2.75, 3.05) is 17.6 Å². The molecule has 0 amide bonds. The van der Waals surface area contributed by atoms with Gasteiger partial charge < -0.3 is 18.7 Å². The summed E-state index contributed by atoms with van der Waals surface area (Å²) in [6.07, 6.45) is 5.92. The first-order chi connectivity index (χ1) is 18.0. The molecule has 0 aliphatic carbocycles. The lowest BCUT2D eigenvalue weighted by atomic mass is 9.97. The van der Waals surface area contributed by atoms with E-state index in [1.165, 1.54) is 12.0 Å². The van der Waals surface area contributed by atoms with Gasteiger partial charge in [0, 0.05) is 38.1 Å². The van der Waals surface area contributed by atoms with E-state index in [1.54, 1.807) is 11.8 Å². The summed E-state index contributed by atoms with van der Waals surface area (Å²) in [7, 11) is 3.88. The Labute approximate surface area is 218 Å². The molecule has 0 saturated carbocycles. The zero-order chi connectivity index (χ0) is 25.5. The molecular weight excluding hydrogens is 488 g/mol. The molecular formula is C26H30N8O2S. The van der Waals surface area contributed by atoms with Crippen molar-refractivity contribution < 1.29 is 8.83 Å². The predicted molar refractivity (Wildman–Crippen MR) is 142 cm³/mol. The summed E-state index contributed by atoms with van der Waals surface area (Å²) in [6.45, 7) is 4.85. The number of hydrogen-bond acceptors (Lipinski definition) is 9. The summed E-state index contributed by atoms with van der Waals surface area (Å²) in [6, 6.07) is 6.27. The molecule has 5 heterocycles. The Kier molecular flexibility index (Phi) is 6.23. The first-order valence-corrected chi connectivity index (χ1v) is 13.6. The van der Waals surface area contributed by atoms with Gasteiger partial charge in [-0.25, -0.2) is 9.97 Å². The molecule has 1 unspecified atom stereocenters. The molecule has 1 atom stereocenters. The molecule has 0 radical (unpaired) electrons. The lowest BCUT2D eigenvalue weighted by molar-refractivity contribution is 0.476. The molecule has 0 spiro atoms. The molecule has 5 aromatic rings. The summed E-state index contributed by atoms with van der Waals surface area (Å²) in [5.74, 6) is 3.62. The molecule has 11 heteroatoms. The number of thioether (sulfide) groups is 1. The van der Waals surface area contributed by atoms with Crippen LogP contribution in [-0.4, -0.2) is 46.8 Å². The number of nitrogens with one attached hydrogen (secondary N) is 1. The topological polar surface area (TPSA) is 113 Å². The van der Waals surface area contributed by atoms with E-state index in [-0.39, 0.29) is 0 Å². The monoisotopic (exact) mass is 518 g/mol. The van der Waals surface area contributed by atoms with E-state index in [0.717, 1.165) is 77.0 Å². The minimum Gasteiger partial charge on any atom is -0.440 e. The van der Waals surface area contributed by atoms with Crippen LogP contribution in [0.4, 0.5) is 5.69 Å². The van der Waals surface area contributed by atoms with Gasteiger partial charge in [-0.05, 0) is 63.1 Å². The van der Waals surface area contributed by atoms with Crippen LogP contribution in [0.2, 0.25) is 0 Å². The minimum atomic E-state index is 0.611. The van der Waals surface area contributed by atoms with Crippen molar-refractivity contribution in [2.45, 2.75) is 44.7 Å². The maximum atomic E-state index is 6.11. The van der Waals surface area contributed by atoms with Crippen molar-refractivity contribution in [1.82, 2.24) is 34.5 Å². The van der Waals surface area contributed by atoms with E-state index in [2.05, 4.69) is 37.7 Å². The Morgan fingerprint density at radius 2 is 2.05 bits per heavy atom. The van der Waals surface area contributed by atoms with E-state index < -0.39 is 0 Å². The fourth-order valence-corrected chi connectivity index (χ4v) is 5.83. The number of rotatable bonds is 7. The molecule has 0 saturated heterocycles. The van der Waals surface area contributed by atoms with Gasteiger partial charge in [0.15, 0.2) is 22.9 Å². The fourth-order valence-electron chi connectivity index (χ4n) is 4.96. The quantitative estimate of drug-likeness (QED) is 0.230. The van der Waals surface area contributed by atoms with Crippen molar-refractivity contribution in [3.63, 3.8) is 0 Å². The van der Waals surface area contributed by atoms with Gasteiger partial charge in [0.2, 0.25) is 11.7 Å². The first kappa shape index (κ1) is 23.8. The Balaban J connectivity index is 1.05. The molecule has 1 aliphatic rings. The molecule has 4 aromatic heterocycles. The molecule has 0 bridgehead atoms. The number of fused-ring (bicyclic) bond motifs is 2. The lowest BCUT2D eigenvalue weighted by Crippen LogP contribution is -2.12. The zero-order valence-corrected chi connectivity index (χ0v) is 22.3. The summed E-state index contributed by atoms with van der Waals surface area (Å²) in [5.41, 5.74) is 6.82. The van der Waals surface area contributed by atoms with Gasteiger partial charge in [0.1, 0.15) is 11.2 Å². The van der Waals surface area contributed by atoms with Crippen LogP contribution >= 0.6 is 11.8 Å². The summed E-state index contributed by atoms with van der Waals surface area (Å²) in [5, 5.41) is 17.6. The van der Waals surface area contributed by atoms with Gasteiger partial charge in [-0.2, -0.15) is 5.10 Å². The Morgan fingerprint density at radius 1 is 1.16 bits per heavy atom. The third kappa shape index (κ3) is 4.63. The van der Waals surface area contributed by atoms with Crippen molar-refractivity contribution in [3.05, 3.63) is 41.5 Å². The summed E-state index contributed by atoms with van der Waals surface area (Å²) >= 11 is 1.74. The number of anilines is 1. The van der Waals surface area contributed by atoms with Crippen molar-refractivity contribution in [1.29, 1.82) is 0 Å². The van der Waals surface area contributed by atoms with Crippen LogP contribution in [-0.2, 0) is 20.5 Å². The summed E-state index contributed by atoms with van der Waals surface area (Å²) in [4.78, 5) is 8.91. The van der Waals surface area contributed by atoms with Gasteiger partial charge in [-0.1, -0.05) is 11.8 Å². The zero-order valence-electron chi connectivity index (χ0n) is 21.5. The van der Waals surface area contributed by atoms with Crippen LogP contribution in [0.5, 0.6) is 0 Å². The average molecular weight is 519 g/mol. The highest BCUT2D eigenvalue weighted by Crippen LogP contribution is 2.33. The molecule has 37 heavy (non-hydrogen) atoms. The molecule has 10 nitrogen and oxygen atoms in total. The van der Waals surface area contributed by atoms with Crippen LogP contribution < -0.4 is 5.32 Å². The van der Waals surface area contributed by atoms with Crippen molar-refractivity contribution in [3.8, 4) is 23.2 Å². The Morgan fingerprint density at radius 3 is 2.84 bits per heavy atom. The molecule has 6 rings (SSSR count). The lowest BCUT2D eigenvalue weighted by Gasteiger charge is -2.14. The molecule has 1 aliphatic heterocycles. The smallest absolute Gasteiger partial charge is 0.245 e. The number of nitrogens with zero attached hydrogens (tertiary/aromatic N) is 7. The van der Waals surface area contributed by atoms with Crippen LogP contribution in [0.3, 0.4) is 0 Å². The molecule has 0 fully saturated rings. The second-order valence-corrected chi connectivity index (χ2v) is 10.8. The van der Waals surface area contributed by atoms with Crippen LogP contribution in [0, 0.1) is 19.8 Å². The summed E-state index contributed by atoms with van der Waals surface area (Å²) < 4.78 is 15.4. The van der Waals surface area contributed by atoms with Crippen molar-refractivity contribution >= 4 is 28.5 Å². The van der Waals surface area contributed by atoms with Crippen LogP contribution in [0.1, 0.15) is 36.2 Å². The third-order valence-corrected chi connectivity index (χ3v) is 8.12. The standard InChI is InChI=1S/C26H30N8O2S/c1-15-10-21(34(4)32-15)25-29-20-11-18-8-7-17(13-27-19(18)12-22(20)36-25)6-5-9-37-26-31-30-24(33(26)3)23-16(2)28-14-35-23/h10-12,14,17,27H,5-9,13H2,1-4H3. The normalized spacial score (nSPS) is 15.6. The molecule has 1 N–H and O–H groups in total. The van der Waals surface area contributed by atoms with E-state index in [4.69, 9.17) is 13.8 Å². The minimum absolute atomic E-state index is 0.611. The maximum Gasteiger partial charge on any atom is 0.245 e. The highest BCUT2D eigenvalue weighted by atomic mass is 32.2. The Bertz CT molecular complexity index is 1520. The largest absolute Gasteiger partial charge is 0.440 e. The number of benzene rings is 1. The van der Waals surface area contributed by atoms with Crippen LogP contribution in [0.25, 0.3) is 34.3 Å². The number of aromatic nitrogens is 7. The second kappa shape index (κ2) is 9.70. The number of aryl methyl sites for hydroxylation is 4. The molecule has 1 aromatic carbocycles. The SMILES string of the molecule is Cc1cc(-c2nc3cc4c(cc3o2)NCC(CCCSc2nnc(-c3ocnc3C)n2C)CC4)n(C)n1. The maximum absolute atomic E-state index is 6.11. The van der Waals surface area contributed by atoms with Gasteiger partial charge in [0.25, 0.3) is 0 Å². The van der Waals surface area contributed by atoms with Crippen molar-refractivity contribution in [2.24, 2.45) is 20.0 Å². The molecule has 192 valence electrons. The van der Waals surface area contributed by atoms with E-state index >= 15 is 0 Å².